The highest BCUT2D eigenvalue weighted by Gasteiger charge is 2.68. The number of nitrogens with zero attached hydrogens (tertiary/aromatic N) is 2. The Balaban J connectivity index is 1.54. The highest BCUT2D eigenvalue weighted by Crippen LogP contribution is 2.68. The molecule has 1 aliphatic heterocycles. The molecule has 4 aliphatic carbocycles. The van der Waals surface area contributed by atoms with E-state index in [0.717, 1.165) is 12.8 Å². The van der Waals surface area contributed by atoms with Gasteiger partial charge >= 0.3 is 0 Å². The van der Waals surface area contributed by atoms with Crippen molar-refractivity contribution < 1.29 is 14.5 Å². The first-order chi connectivity index (χ1) is 11.5. The minimum absolute atomic E-state index is 0.0107. The first-order valence-corrected chi connectivity index (χ1v) is 8.62. The van der Waals surface area contributed by atoms with Crippen LogP contribution in [-0.2, 0) is 9.59 Å². The minimum atomic E-state index is -0.444. The van der Waals surface area contributed by atoms with Crippen LogP contribution < -0.4 is 4.90 Å². The number of anilines is 1. The molecule has 0 spiro atoms. The van der Waals surface area contributed by atoms with Crippen LogP contribution >= 0.6 is 0 Å². The van der Waals surface area contributed by atoms with Crippen LogP contribution in [0, 0.1) is 52.5 Å². The van der Waals surface area contributed by atoms with Crippen molar-refractivity contribution in [3.05, 3.63) is 33.9 Å². The van der Waals surface area contributed by atoms with Gasteiger partial charge in [0.15, 0.2) is 0 Å². The largest absolute Gasteiger partial charge is 0.274 e. The third-order valence-corrected chi connectivity index (χ3v) is 6.78. The maximum Gasteiger partial charge on any atom is 0.272 e. The van der Waals surface area contributed by atoms with E-state index in [9.17, 15) is 19.7 Å². The van der Waals surface area contributed by atoms with Crippen molar-refractivity contribution in [3.63, 3.8) is 0 Å². The fourth-order valence-electron chi connectivity index (χ4n) is 5.78. The summed E-state index contributed by atoms with van der Waals surface area (Å²) >= 11 is 0. The van der Waals surface area contributed by atoms with Crippen LogP contribution in [0.5, 0.6) is 0 Å². The molecule has 6 nitrogen and oxygen atoms in total. The summed E-state index contributed by atoms with van der Waals surface area (Å²) in [6, 6.07) is 4.51. The molecular weight excluding hydrogens is 308 g/mol. The third kappa shape index (κ3) is 1.61. The zero-order valence-corrected chi connectivity index (χ0v) is 13.3. The van der Waals surface area contributed by atoms with E-state index in [1.54, 1.807) is 13.0 Å². The molecule has 2 amide bonds. The van der Waals surface area contributed by atoms with Crippen LogP contribution in [0.1, 0.15) is 24.8 Å². The van der Waals surface area contributed by atoms with Crippen molar-refractivity contribution >= 4 is 23.2 Å². The summed E-state index contributed by atoms with van der Waals surface area (Å²) in [5.41, 5.74) is 0.964. The number of aryl methyl sites for hydroxylation is 1. The molecule has 2 bridgehead atoms. The summed E-state index contributed by atoms with van der Waals surface area (Å²) in [6.07, 6.45) is 3.33. The summed E-state index contributed by atoms with van der Waals surface area (Å²) < 4.78 is 0. The summed E-state index contributed by atoms with van der Waals surface area (Å²) in [5, 5.41) is 11.0. The molecule has 6 heteroatoms. The first-order valence-electron chi connectivity index (χ1n) is 8.62. The van der Waals surface area contributed by atoms with E-state index < -0.39 is 4.92 Å². The first kappa shape index (κ1) is 14.1. The average Bonchev–Trinajstić information content (AvgIpc) is 3.31. The van der Waals surface area contributed by atoms with Gasteiger partial charge in [0.1, 0.15) is 0 Å². The number of amides is 2. The summed E-state index contributed by atoms with van der Waals surface area (Å²) in [5.74, 6) is 1.55. The van der Waals surface area contributed by atoms with Gasteiger partial charge in [0.2, 0.25) is 11.8 Å². The van der Waals surface area contributed by atoms with Gasteiger partial charge in [-0.1, -0.05) is 0 Å². The lowest BCUT2D eigenvalue weighted by Gasteiger charge is -2.42. The van der Waals surface area contributed by atoms with Crippen LogP contribution in [0.3, 0.4) is 0 Å². The van der Waals surface area contributed by atoms with Crippen LogP contribution in [0.4, 0.5) is 11.4 Å². The second kappa shape index (κ2) is 4.43. The van der Waals surface area contributed by atoms with Gasteiger partial charge in [-0.2, -0.15) is 0 Å². The smallest absolute Gasteiger partial charge is 0.272 e. The Morgan fingerprint density at radius 2 is 1.62 bits per heavy atom. The summed E-state index contributed by atoms with van der Waals surface area (Å²) in [4.78, 5) is 37.9. The predicted molar refractivity (Wildman–Crippen MR) is 85.1 cm³/mol. The average molecular weight is 326 g/mol. The third-order valence-electron chi connectivity index (χ3n) is 6.78. The molecule has 5 aliphatic rings. The number of carbonyl (C=O) groups excluding carboxylic acids is 2. The van der Waals surface area contributed by atoms with E-state index in [1.807, 2.05) is 0 Å². The molecule has 0 N–H and O–H groups in total. The van der Waals surface area contributed by atoms with Gasteiger partial charge in [0.25, 0.3) is 5.69 Å². The summed E-state index contributed by atoms with van der Waals surface area (Å²) in [6.45, 7) is 1.64. The highest BCUT2D eigenvalue weighted by molar-refractivity contribution is 6.22. The maximum absolute atomic E-state index is 13.0. The van der Waals surface area contributed by atoms with Gasteiger partial charge in [0, 0.05) is 11.6 Å². The number of nitro benzene ring substituents is 1. The number of carbonyl (C=O) groups is 2. The van der Waals surface area contributed by atoms with Gasteiger partial charge < -0.3 is 0 Å². The fraction of sp³-hybridized carbons (Fsp3) is 0.556. The molecule has 0 aromatic heterocycles. The Bertz CT molecular complexity index is 770. The normalized spacial score (nSPS) is 39.0. The molecule has 124 valence electrons. The van der Waals surface area contributed by atoms with Crippen molar-refractivity contribution in [1.82, 2.24) is 0 Å². The quantitative estimate of drug-likeness (QED) is 0.475. The van der Waals surface area contributed by atoms with Crippen LogP contribution in [-0.4, -0.2) is 16.7 Å². The molecular formula is C18H18N2O4. The minimum Gasteiger partial charge on any atom is -0.274 e. The molecule has 6 atom stereocenters. The fourth-order valence-corrected chi connectivity index (χ4v) is 5.78. The molecule has 5 fully saturated rings. The Morgan fingerprint density at radius 1 is 1.04 bits per heavy atom. The number of hydrogen-bond acceptors (Lipinski definition) is 4. The van der Waals surface area contributed by atoms with E-state index in [-0.39, 0.29) is 29.3 Å². The van der Waals surface area contributed by atoms with Gasteiger partial charge in [-0.25, -0.2) is 0 Å². The monoisotopic (exact) mass is 326 g/mol. The van der Waals surface area contributed by atoms with E-state index in [1.165, 1.54) is 23.5 Å². The predicted octanol–water partition coefficient (Wildman–Crippen LogP) is 2.68. The van der Waals surface area contributed by atoms with Crippen molar-refractivity contribution in [3.8, 4) is 0 Å². The van der Waals surface area contributed by atoms with Crippen molar-refractivity contribution in [2.45, 2.75) is 26.2 Å². The molecule has 0 radical (unpaired) electrons. The van der Waals surface area contributed by atoms with Crippen molar-refractivity contribution in [1.29, 1.82) is 0 Å². The van der Waals surface area contributed by atoms with Gasteiger partial charge in [0.05, 0.1) is 22.4 Å². The van der Waals surface area contributed by atoms with Crippen LogP contribution in [0.25, 0.3) is 0 Å². The number of fused-ring (bicyclic) bond motifs is 1. The zero-order valence-electron chi connectivity index (χ0n) is 13.3. The maximum atomic E-state index is 13.0. The number of imide groups is 1. The lowest BCUT2D eigenvalue weighted by molar-refractivity contribution is -0.385. The molecule has 24 heavy (non-hydrogen) atoms. The van der Waals surface area contributed by atoms with Crippen LogP contribution in [0.2, 0.25) is 0 Å². The van der Waals surface area contributed by atoms with Crippen molar-refractivity contribution in [2.24, 2.45) is 35.5 Å². The SMILES string of the molecule is Cc1cc(N2C(=O)[C@@H]3[C@@H]4CC[C@@H]([C@@H]5C[C@@H]54)[C@@H]3C2=O)ccc1[N+](=O)[O-]. The van der Waals surface area contributed by atoms with Gasteiger partial charge in [-0.05, 0) is 62.0 Å². The number of rotatable bonds is 2. The van der Waals surface area contributed by atoms with E-state index in [0.29, 0.717) is 34.9 Å². The number of nitro groups is 1. The van der Waals surface area contributed by atoms with Crippen LogP contribution in [0.15, 0.2) is 18.2 Å². The second-order valence-corrected chi connectivity index (χ2v) is 7.76. The Kier molecular flexibility index (Phi) is 2.61. The number of hydrogen-bond donors (Lipinski definition) is 0. The molecule has 6 rings (SSSR count). The topological polar surface area (TPSA) is 80.5 Å². The molecule has 1 heterocycles. The molecule has 1 saturated heterocycles. The lowest BCUT2D eigenvalue weighted by Crippen LogP contribution is -2.43. The molecule has 4 saturated carbocycles. The van der Waals surface area contributed by atoms with E-state index in [2.05, 4.69) is 0 Å². The standard InChI is InChI=1S/C18H18N2O4/c1-8-6-9(2-5-14(8)20(23)24)19-17(21)15-10-3-4-11(13-7-12(10)13)16(15)18(19)22/h2,5-6,10-13,15-16H,3-4,7H2,1H3/t10-,11+,12-,13+,15-,16+. The Morgan fingerprint density at radius 3 is 2.12 bits per heavy atom. The Labute approximate surface area is 139 Å². The van der Waals surface area contributed by atoms with Gasteiger partial charge in [-0.15, -0.1) is 0 Å². The summed E-state index contributed by atoms with van der Waals surface area (Å²) in [7, 11) is 0. The van der Waals surface area contributed by atoms with E-state index >= 15 is 0 Å². The number of benzene rings is 1. The lowest BCUT2D eigenvalue weighted by atomic mass is 9.59. The zero-order chi connectivity index (χ0) is 16.7. The molecule has 1 aromatic rings. The molecule has 0 unspecified atom stereocenters. The van der Waals surface area contributed by atoms with E-state index in [4.69, 9.17) is 0 Å². The van der Waals surface area contributed by atoms with Crippen molar-refractivity contribution in [2.75, 3.05) is 4.90 Å². The van der Waals surface area contributed by atoms with Gasteiger partial charge in [-0.3, -0.25) is 24.6 Å². The highest BCUT2D eigenvalue weighted by atomic mass is 16.6. The Hall–Kier alpha value is -2.24. The second-order valence-electron chi connectivity index (χ2n) is 7.76. The molecule has 1 aromatic carbocycles.